The molecule has 0 atom stereocenters. The number of sulfone groups is 1. The smallest absolute Gasteiger partial charge is 0.190 e. The van der Waals surface area contributed by atoms with Crippen molar-refractivity contribution in [1.82, 2.24) is 5.16 Å². The van der Waals surface area contributed by atoms with Crippen LogP contribution in [0.4, 0.5) is 0 Å². The van der Waals surface area contributed by atoms with Crippen molar-refractivity contribution in [2.24, 2.45) is 0 Å². The van der Waals surface area contributed by atoms with Crippen LogP contribution in [-0.2, 0) is 9.84 Å². The third-order valence-corrected chi connectivity index (χ3v) is 5.96. The number of hydrogen-bond donors (Lipinski definition) is 0. The topological polar surface area (TPSA) is 60.2 Å². The molecule has 0 spiro atoms. The molecule has 0 bridgehead atoms. The van der Waals surface area contributed by atoms with Crippen molar-refractivity contribution < 1.29 is 12.9 Å². The Morgan fingerprint density at radius 1 is 1.31 bits per heavy atom. The second-order valence-corrected chi connectivity index (χ2v) is 7.41. The van der Waals surface area contributed by atoms with Crippen molar-refractivity contribution in [3.8, 4) is 10.6 Å². The predicted octanol–water partition coefficient (Wildman–Crippen LogP) is 2.59. The molecule has 0 fully saturated rings. The summed E-state index contributed by atoms with van der Waals surface area (Å²) in [5.41, 5.74) is 0.662. The van der Waals surface area contributed by atoms with Crippen LogP contribution < -0.4 is 0 Å². The van der Waals surface area contributed by atoms with Crippen molar-refractivity contribution in [3.05, 3.63) is 24.5 Å². The van der Waals surface area contributed by atoms with Gasteiger partial charge in [-0.2, -0.15) is 0 Å². The Morgan fingerprint density at radius 2 is 2.06 bits per heavy atom. The van der Waals surface area contributed by atoms with Crippen molar-refractivity contribution in [2.45, 2.75) is 23.3 Å². The lowest BCUT2D eigenvalue weighted by Crippen LogP contribution is -2.12. The first kappa shape index (κ1) is 11.3. The average Bonchev–Trinajstić information content (AvgIpc) is 2.88. The van der Waals surface area contributed by atoms with Gasteiger partial charge in [-0.3, -0.25) is 0 Å². The minimum absolute atomic E-state index is 0.375. The molecule has 2 rings (SSSR count). The summed E-state index contributed by atoms with van der Waals surface area (Å²) >= 11 is 1.22. The van der Waals surface area contributed by atoms with E-state index in [4.69, 9.17) is 4.52 Å². The first-order valence-electron chi connectivity index (χ1n) is 4.76. The van der Waals surface area contributed by atoms with Gasteiger partial charge in [0.1, 0.15) is 16.2 Å². The third-order valence-electron chi connectivity index (χ3n) is 2.17. The zero-order valence-corrected chi connectivity index (χ0v) is 10.5. The lowest BCUT2D eigenvalue weighted by molar-refractivity contribution is 0.422. The van der Waals surface area contributed by atoms with Gasteiger partial charge in [0, 0.05) is 6.07 Å². The summed E-state index contributed by atoms with van der Waals surface area (Å²) in [6.45, 7) is 3.34. The molecule has 6 heteroatoms. The summed E-state index contributed by atoms with van der Waals surface area (Å²) in [6, 6.07) is 5.07. The largest absolute Gasteiger partial charge is 0.364 e. The first-order chi connectivity index (χ1) is 7.51. The maximum atomic E-state index is 11.9. The van der Waals surface area contributed by atoms with E-state index in [1.165, 1.54) is 17.6 Å². The molecule has 0 aliphatic heterocycles. The molecular formula is C10H11NO3S2. The maximum absolute atomic E-state index is 11.9. The van der Waals surface area contributed by atoms with Gasteiger partial charge < -0.3 is 4.52 Å². The highest BCUT2D eigenvalue weighted by atomic mass is 32.2. The fourth-order valence-electron chi connectivity index (χ4n) is 1.18. The van der Waals surface area contributed by atoms with Gasteiger partial charge in [0.25, 0.3) is 0 Å². The van der Waals surface area contributed by atoms with Gasteiger partial charge in [-0.05, 0) is 26.0 Å². The molecule has 86 valence electrons. The van der Waals surface area contributed by atoms with Gasteiger partial charge in [0.15, 0.2) is 9.84 Å². The Bertz CT molecular complexity index is 567. The highest BCUT2D eigenvalue weighted by Gasteiger charge is 2.21. The van der Waals surface area contributed by atoms with Crippen molar-refractivity contribution in [2.75, 3.05) is 0 Å². The first-order valence-corrected chi connectivity index (χ1v) is 7.12. The zero-order chi connectivity index (χ0) is 11.8. The van der Waals surface area contributed by atoms with Gasteiger partial charge in [-0.15, -0.1) is 11.3 Å². The number of thiophene rings is 1. The summed E-state index contributed by atoms with van der Waals surface area (Å²) < 4.78 is 28.9. The van der Waals surface area contributed by atoms with E-state index in [0.29, 0.717) is 9.90 Å². The molecule has 0 saturated heterocycles. The standard InChI is InChI=1S/C10H11NO3S2/c1-7(2)16(12,13)10-4-3-9(15-10)8-5-6-14-11-8/h3-7H,1-2H3. The minimum atomic E-state index is -3.19. The molecule has 16 heavy (non-hydrogen) atoms. The Labute approximate surface area is 97.8 Å². The van der Waals surface area contributed by atoms with Gasteiger partial charge in [0.05, 0.1) is 10.1 Å². The Balaban J connectivity index is 2.41. The molecule has 0 N–H and O–H groups in total. The van der Waals surface area contributed by atoms with Crippen LogP contribution in [0.1, 0.15) is 13.8 Å². The number of aromatic nitrogens is 1. The van der Waals surface area contributed by atoms with E-state index >= 15 is 0 Å². The summed E-state index contributed by atoms with van der Waals surface area (Å²) in [6.07, 6.45) is 1.46. The van der Waals surface area contributed by atoms with Crippen LogP contribution >= 0.6 is 11.3 Å². The zero-order valence-electron chi connectivity index (χ0n) is 8.88. The molecular weight excluding hydrogens is 246 g/mol. The fourth-order valence-corrected chi connectivity index (χ4v) is 3.92. The van der Waals surface area contributed by atoms with E-state index in [0.717, 1.165) is 4.88 Å². The van der Waals surface area contributed by atoms with Crippen LogP contribution in [0.15, 0.2) is 33.2 Å². The summed E-state index contributed by atoms with van der Waals surface area (Å²) in [7, 11) is -3.19. The van der Waals surface area contributed by atoms with Crippen LogP contribution in [0.2, 0.25) is 0 Å². The van der Waals surface area contributed by atoms with Gasteiger partial charge in [0.2, 0.25) is 0 Å². The molecule has 0 radical (unpaired) electrons. The van der Waals surface area contributed by atoms with E-state index in [1.54, 1.807) is 32.0 Å². The van der Waals surface area contributed by atoms with E-state index in [1.807, 2.05) is 0 Å². The summed E-state index contributed by atoms with van der Waals surface area (Å²) in [5, 5.41) is 3.36. The van der Waals surface area contributed by atoms with Crippen molar-refractivity contribution in [3.63, 3.8) is 0 Å². The number of hydrogen-bond acceptors (Lipinski definition) is 5. The average molecular weight is 257 g/mol. The SMILES string of the molecule is CC(C)S(=O)(=O)c1ccc(-c2ccon2)s1. The number of nitrogens with zero attached hydrogens (tertiary/aromatic N) is 1. The van der Waals surface area contributed by atoms with Crippen LogP contribution in [0.3, 0.4) is 0 Å². The van der Waals surface area contributed by atoms with Crippen LogP contribution in [0, 0.1) is 0 Å². The highest BCUT2D eigenvalue weighted by Crippen LogP contribution is 2.31. The lowest BCUT2D eigenvalue weighted by atomic mass is 10.3. The van der Waals surface area contributed by atoms with Gasteiger partial charge in [-0.25, -0.2) is 8.42 Å². The van der Waals surface area contributed by atoms with E-state index in [9.17, 15) is 8.42 Å². The molecule has 0 saturated carbocycles. The minimum Gasteiger partial charge on any atom is -0.364 e. The fraction of sp³-hybridized carbons (Fsp3) is 0.300. The van der Waals surface area contributed by atoms with E-state index < -0.39 is 15.1 Å². The summed E-state index contributed by atoms with van der Waals surface area (Å²) in [4.78, 5) is 0.799. The number of rotatable bonds is 3. The molecule has 2 heterocycles. The molecule has 0 aliphatic carbocycles. The quantitative estimate of drug-likeness (QED) is 0.848. The monoisotopic (exact) mass is 257 g/mol. The second kappa shape index (κ2) is 4.03. The predicted molar refractivity (Wildman–Crippen MR) is 62.1 cm³/mol. The second-order valence-electron chi connectivity index (χ2n) is 3.60. The van der Waals surface area contributed by atoms with E-state index in [-0.39, 0.29) is 0 Å². The Kier molecular flexibility index (Phi) is 2.86. The Hall–Kier alpha value is -1.14. The molecule has 2 aromatic heterocycles. The molecule has 2 aromatic rings. The molecule has 0 amide bonds. The van der Waals surface area contributed by atoms with E-state index in [2.05, 4.69) is 5.16 Å². The van der Waals surface area contributed by atoms with Crippen LogP contribution in [-0.4, -0.2) is 18.8 Å². The molecule has 0 aliphatic rings. The molecule has 0 aromatic carbocycles. The van der Waals surface area contributed by atoms with Crippen molar-refractivity contribution in [1.29, 1.82) is 0 Å². The normalized spacial score (nSPS) is 12.2. The Morgan fingerprint density at radius 3 is 2.62 bits per heavy atom. The van der Waals surface area contributed by atoms with Gasteiger partial charge in [-0.1, -0.05) is 5.16 Å². The van der Waals surface area contributed by atoms with Crippen LogP contribution in [0.25, 0.3) is 10.6 Å². The third kappa shape index (κ3) is 1.90. The highest BCUT2D eigenvalue weighted by molar-refractivity contribution is 7.94. The van der Waals surface area contributed by atoms with Crippen LogP contribution in [0.5, 0.6) is 0 Å². The molecule has 0 unspecified atom stereocenters. The van der Waals surface area contributed by atoms with Crippen molar-refractivity contribution >= 4 is 21.2 Å². The summed E-state index contributed by atoms with van der Waals surface area (Å²) in [5.74, 6) is 0. The lowest BCUT2D eigenvalue weighted by Gasteiger charge is -2.03. The molecule has 4 nitrogen and oxygen atoms in total. The van der Waals surface area contributed by atoms with Gasteiger partial charge >= 0.3 is 0 Å². The maximum Gasteiger partial charge on any atom is 0.190 e.